The lowest BCUT2D eigenvalue weighted by Gasteiger charge is -2.28. The van der Waals surface area contributed by atoms with Crippen molar-refractivity contribution in [2.24, 2.45) is 17.6 Å². The maximum Gasteiger partial charge on any atom is 0.408 e. The predicted molar refractivity (Wildman–Crippen MR) is 176 cm³/mol. The monoisotopic (exact) mass is 706 g/mol. The number of sulfonamides is 1. The molecule has 15 nitrogen and oxygen atoms in total. The molecular formula is C33H46N4O11S. The molecule has 4 rings (SSSR count). The molecule has 49 heavy (non-hydrogen) atoms. The topological polar surface area (TPSA) is 210 Å². The van der Waals surface area contributed by atoms with Crippen molar-refractivity contribution in [1.82, 2.24) is 14.9 Å². The standard InChI is InChI=1S/C33H46N4O11S/c1-33(2,3)48-32(42)35-26(11-7-15-46-14-6-9-20-17-25(20)29(39)36-49(43,44)24-12-13-24)30(40)37-19-23(18-27(37)28(34)38)47-31(41)21-8-5-10-22(16-21)45-4/h5-6,8-10,16,20,23-27H,7,11-15,17-19H2,1-4H3,(H2,34,38)(H,35,42)(H,36,39)/b9-6-/t20-,23-,25+,26+,27+/m1/s1. The van der Waals surface area contributed by atoms with Crippen molar-refractivity contribution in [3.8, 4) is 5.75 Å². The summed E-state index contributed by atoms with van der Waals surface area (Å²) in [5.74, 6) is -2.48. The largest absolute Gasteiger partial charge is 0.497 e. The fraction of sp³-hybridized carbons (Fsp3) is 0.606. The molecule has 5 atom stereocenters. The summed E-state index contributed by atoms with van der Waals surface area (Å²) < 4.78 is 47.9. The van der Waals surface area contributed by atoms with Gasteiger partial charge in [-0.25, -0.2) is 18.0 Å². The zero-order chi connectivity index (χ0) is 35.9. The zero-order valence-corrected chi connectivity index (χ0v) is 29.0. The van der Waals surface area contributed by atoms with Crippen LogP contribution in [0.15, 0.2) is 36.4 Å². The van der Waals surface area contributed by atoms with Gasteiger partial charge in [-0.15, -0.1) is 0 Å². The molecule has 0 aromatic heterocycles. The number of amides is 4. The lowest BCUT2D eigenvalue weighted by molar-refractivity contribution is -0.139. The van der Waals surface area contributed by atoms with Gasteiger partial charge in [-0.2, -0.15) is 0 Å². The lowest BCUT2D eigenvalue weighted by Crippen LogP contribution is -2.53. The molecule has 3 aliphatic rings. The summed E-state index contributed by atoms with van der Waals surface area (Å²) in [6, 6.07) is 4.21. The maximum atomic E-state index is 13.8. The molecule has 0 radical (unpaired) electrons. The first-order chi connectivity index (χ1) is 23.1. The van der Waals surface area contributed by atoms with Gasteiger partial charge in [-0.05, 0) is 77.0 Å². The van der Waals surface area contributed by atoms with Crippen LogP contribution < -0.4 is 20.5 Å². The summed E-state index contributed by atoms with van der Waals surface area (Å²) in [7, 11) is -2.10. The van der Waals surface area contributed by atoms with Crippen LogP contribution in [0.4, 0.5) is 4.79 Å². The van der Waals surface area contributed by atoms with Crippen molar-refractivity contribution < 1.29 is 51.3 Å². The molecule has 2 aliphatic carbocycles. The van der Waals surface area contributed by atoms with E-state index in [1.807, 2.05) is 6.08 Å². The number of primary amides is 1. The molecule has 4 amide bonds. The van der Waals surface area contributed by atoms with Gasteiger partial charge in [0.2, 0.25) is 27.7 Å². The van der Waals surface area contributed by atoms with Crippen LogP contribution in [0, 0.1) is 11.8 Å². The Morgan fingerprint density at radius 3 is 2.51 bits per heavy atom. The quantitative estimate of drug-likeness (QED) is 0.128. The second kappa shape index (κ2) is 16.0. The number of hydrogen-bond acceptors (Lipinski definition) is 11. The predicted octanol–water partition coefficient (Wildman–Crippen LogP) is 1.80. The molecule has 16 heteroatoms. The Kier molecular flexibility index (Phi) is 12.3. The highest BCUT2D eigenvalue weighted by atomic mass is 32.2. The number of methoxy groups -OCH3 is 1. The zero-order valence-electron chi connectivity index (χ0n) is 28.2. The lowest BCUT2D eigenvalue weighted by atomic mass is 10.1. The van der Waals surface area contributed by atoms with Crippen LogP contribution >= 0.6 is 0 Å². The van der Waals surface area contributed by atoms with Crippen molar-refractivity contribution in [2.75, 3.05) is 26.9 Å². The highest BCUT2D eigenvalue weighted by molar-refractivity contribution is 7.90. The summed E-state index contributed by atoms with van der Waals surface area (Å²) in [6.45, 7) is 5.38. The van der Waals surface area contributed by atoms with Crippen LogP contribution in [0.1, 0.15) is 69.7 Å². The molecule has 1 aromatic carbocycles. The number of ether oxygens (including phenoxy) is 4. The minimum Gasteiger partial charge on any atom is -0.497 e. The first kappa shape index (κ1) is 37.6. The number of allylic oxidation sites excluding steroid dienone is 1. The second-order valence-corrected chi connectivity index (χ2v) is 15.4. The molecule has 1 aromatic rings. The Balaban J connectivity index is 1.29. The molecule has 2 saturated carbocycles. The number of nitrogens with zero attached hydrogens (tertiary/aromatic N) is 1. The summed E-state index contributed by atoms with van der Waals surface area (Å²) in [6.07, 6.45) is 4.12. The SMILES string of the molecule is COc1cccc(C(=O)O[C@@H]2C[C@@H](C(N)=O)N(C(=O)[C@H](CCCOC/C=C\[C@@H]3C[C@@H]3C(=O)NS(=O)(=O)C3CC3)NC(=O)OC(C)(C)C)C2)c1. The number of rotatable bonds is 16. The summed E-state index contributed by atoms with van der Waals surface area (Å²) in [4.78, 5) is 65.1. The number of esters is 1. The van der Waals surface area contributed by atoms with Crippen molar-refractivity contribution in [3.05, 3.63) is 42.0 Å². The Hall–Kier alpha value is -4.18. The number of likely N-dealkylation sites (tertiary alicyclic amines) is 1. The van der Waals surface area contributed by atoms with E-state index >= 15 is 0 Å². The van der Waals surface area contributed by atoms with E-state index in [1.165, 1.54) is 18.1 Å². The minimum absolute atomic E-state index is 0.00870. The normalized spacial score (nSPS) is 22.7. The first-order valence-corrected chi connectivity index (χ1v) is 17.9. The van der Waals surface area contributed by atoms with Crippen LogP contribution in [-0.2, 0) is 38.6 Å². The summed E-state index contributed by atoms with van der Waals surface area (Å²) in [5, 5.41) is 2.14. The fourth-order valence-electron chi connectivity index (χ4n) is 5.45. The third kappa shape index (κ3) is 11.2. The molecule has 1 aliphatic heterocycles. The van der Waals surface area contributed by atoms with E-state index in [0.717, 1.165) is 0 Å². The Morgan fingerprint density at radius 1 is 1.12 bits per heavy atom. The van der Waals surface area contributed by atoms with Gasteiger partial charge < -0.3 is 34.9 Å². The molecule has 0 unspecified atom stereocenters. The number of hydrogen-bond donors (Lipinski definition) is 3. The molecule has 4 N–H and O–H groups in total. The number of carbonyl (C=O) groups is 5. The first-order valence-electron chi connectivity index (χ1n) is 16.3. The van der Waals surface area contributed by atoms with Gasteiger partial charge in [-0.1, -0.05) is 18.2 Å². The van der Waals surface area contributed by atoms with Crippen molar-refractivity contribution in [1.29, 1.82) is 0 Å². The average Bonchev–Trinajstić information content (AvgIpc) is 3.96. The van der Waals surface area contributed by atoms with Crippen molar-refractivity contribution in [2.45, 2.75) is 88.3 Å². The van der Waals surface area contributed by atoms with Gasteiger partial charge in [0.05, 0.1) is 31.1 Å². The maximum absolute atomic E-state index is 13.8. The number of alkyl carbamates (subject to hydrolysis) is 1. The molecule has 1 saturated heterocycles. The molecule has 1 heterocycles. The van der Waals surface area contributed by atoms with Crippen LogP contribution in [0.3, 0.4) is 0 Å². The number of benzene rings is 1. The van der Waals surface area contributed by atoms with Crippen molar-refractivity contribution >= 4 is 39.8 Å². The van der Waals surface area contributed by atoms with Crippen LogP contribution in [0.25, 0.3) is 0 Å². The molecule has 0 bridgehead atoms. The fourth-order valence-corrected chi connectivity index (χ4v) is 6.81. The van der Waals surface area contributed by atoms with E-state index in [-0.39, 0.29) is 50.0 Å². The Morgan fingerprint density at radius 2 is 1.86 bits per heavy atom. The van der Waals surface area contributed by atoms with E-state index < -0.39 is 68.8 Å². The highest BCUT2D eigenvalue weighted by Crippen LogP contribution is 2.40. The van der Waals surface area contributed by atoms with E-state index in [0.29, 0.717) is 31.4 Å². The average molecular weight is 707 g/mol. The van der Waals surface area contributed by atoms with Crippen LogP contribution in [0.2, 0.25) is 0 Å². The molecular weight excluding hydrogens is 660 g/mol. The van der Waals surface area contributed by atoms with Crippen LogP contribution in [0.5, 0.6) is 5.75 Å². The second-order valence-electron chi connectivity index (χ2n) is 13.5. The van der Waals surface area contributed by atoms with Gasteiger partial charge in [0.1, 0.15) is 29.5 Å². The van der Waals surface area contributed by atoms with Gasteiger partial charge in [-0.3, -0.25) is 19.1 Å². The van der Waals surface area contributed by atoms with E-state index in [2.05, 4.69) is 10.0 Å². The molecule has 0 spiro atoms. The summed E-state index contributed by atoms with van der Waals surface area (Å²) >= 11 is 0. The number of carbonyl (C=O) groups excluding carboxylic acids is 5. The molecule has 3 fully saturated rings. The third-order valence-electron chi connectivity index (χ3n) is 8.20. The van der Waals surface area contributed by atoms with Gasteiger partial charge in [0.25, 0.3) is 0 Å². The highest BCUT2D eigenvalue weighted by Gasteiger charge is 2.45. The number of nitrogens with one attached hydrogen (secondary N) is 2. The van der Waals surface area contributed by atoms with E-state index in [9.17, 15) is 32.4 Å². The van der Waals surface area contributed by atoms with E-state index in [4.69, 9.17) is 24.7 Å². The van der Waals surface area contributed by atoms with Crippen LogP contribution in [-0.4, -0.2) is 99.0 Å². The van der Waals surface area contributed by atoms with Gasteiger partial charge >= 0.3 is 12.1 Å². The minimum atomic E-state index is -3.57. The Labute approximate surface area is 286 Å². The molecule has 270 valence electrons. The Bertz CT molecular complexity index is 1540. The number of nitrogens with two attached hydrogens (primary N) is 1. The van der Waals surface area contributed by atoms with Gasteiger partial charge in [0.15, 0.2) is 0 Å². The third-order valence-corrected chi connectivity index (χ3v) is 10.0. The smallest absolute Gasteiger partial charge is 0.408 e. The van der Waals surface area contributed by atoms with Crippen molar-refractivity contribution in [3.63, 3.8) is 0 Å². The van der Waals surface area contributed by atoms with Gasteiger partial charge in [0, 0.05) is 18.9 Å². The summed E-state index contributed by atoms with van der Waals surface area (Å²) in [5.41, 5.74) is 5.04. The van der Waals surface area contributed by atoms with E-state index in [1.54, 1.807) is 45.0 Å².